The molecule has 2 amide bonds. The number of amides is 2. The SMILES string of the molecule is C=CCOC(=O)[C@@H]1[C@H]2C(=O)N(CCCO)C(C(=O)N(CC=C)CCCC)C23CC[C@H]1S3. The van der Waals surface area contributed by atoms with Gasteiger partial charge in [0.1, 0.15) is 12.6 Å². The first-order valence-corrected chi connectivity index (χ1v) is 12.1. The fraction of sp³-hybridized carbons (Fsp3) is 0.696. The number of rotatable bonds is 12. The number of ether oxygens (including phenoxy) is 1. The molecule has 8 heteroatoms. The molecule has 0 aromatic heterocycles. The highest BCUT2D eigenvalue weighted by atomic mass is 32.2. The summed E-state index contributed by atoms with van der Waals surface area (Å²) in [6, 6.07) is -0.624. The smallest absolute Gasteiger partial charge is 0.311 e. The molecule has 0 aromatic carbocycles. The van der Waals surface area contributed by atoms with Crippen molar-refractivity contribution in [2.24, 2.45) is 11.8 Å². The average Bonchev–Trinajstić information content (AvgIpc) is 3.40. The molecule has 3 rings (SSSR count). The van der Waals surface area contributed by atoms with Crippen LogP contribution in [0.1, 0.15) is 39.0 Å². The summed E-state index contributed by atoms with van der Waals surface area (Å²) in [7, 11) is 0. The summed E-state index contributed by atoms with van der Waals surface area (Å²) in [4.78, 5) is 43.7. The van der Waals surface area contributed by atoms with E-state index in [1.807, 2.05) is 0 Å². The molecular weight excluding hydrogens is 416 g/mol. The van der Waals surface area contributed by atoms with Gasteiger partial charge in [-0.2, -0.15) is 0 Å². The Morgan fingerprint density at radius 3 is 2.77 bits per heavy atom. The third-order valence-corrected chi connectivity index (χ3v) is 8.60. The zero-order valence-corrected chi connectivity index (χ0v) is 19.1. The molecule has 3 heterocycles. The van der Waals surface area contributed by atoms with Crippen molar-refractivity contribution in [3.63, 3.8) is 0 Å². The molecule has 3 aliphatic rings. The van der Waals surface area contributed by atoms with Crippen molar-refractivity contribution < 1.29 is 24.2 Å². The summed E-state index contributed by atoms with van der Waals surface area (Å²) >= 11 is 1.63. The highest BCUT2D eigenvalue weighted by Crippen LogP contribution is 2.66. The normalized spacial score (nSPS) is 30.9. The van der Waals surface area contributed by atoms with Crippen LogP contribution in [0.3, 0.4) is 0 Å². The maximum Gasteiger partial charge on any atom is 0.311 e. The Labute approximate surface area is 188 Å². The van der Waals surface area contributed by atoms with E-state index in [9.17, 15) is 19.5 Å². The highest BCUT2D eigenvalue weighted by molar-refractivity contribution is 8.02. The Balaban J connectivity index is 1.96. The number of thioether (sulfide) groups is 1. The monoisotopic (exact) mass is 450 g/mol. The minimum atomic E-state index is -0.624. The standard InChI is InChI=1S/C23H34N2O5S/c1-4-7-12-24(11-5-2)21(28)19-23-10-9-16(31-23)17(22(29)30-15-6-3)18(23)20(27)25(19)13-8-14-26/h5-6,16-19,26H,2-4,7-15H2,1H3/t16-,17+,18+,19?,23?/m1/s1. The van der Waals surface area contributed by atoms with Gasteiger partial charge in [0.2, 0.25) is 11.8 Å². The second-order valence-electron chi connectivity index (χ2n) is 8.51. The van der Waals surface area contributed by atoms with Crippen LogP contribution in [-0.2, 0) is 19.1 Å². The first-order valence-electron chi connectivity index (χ1n) is 11.2. The van der Waals surface area contributed by atoms with Crippen LogP contribution >= 0.6 is 11.8 Å². The van der Waals surface area contributed by atoms with Crippen molar-refractivity contribution in [1.29, 1.82) is 0 Å². The van der Waals surface area contributed by atoms with Crippen LogP contribution < -0.4 is 0 Å². The Bertz CT molecular complexity index is 729. The predicted molar refractivity (Wildman–Crippen MR) is 120 cm³/mol. The number of nitrogens with zero attached hydrogens (tertiary/aromatic N) is 2. The maximum atomic E-state index is 13.8. The van der Waals surface area contributed by atoms with E-state index < -0.39 is 22.6 Å². The largest absolute Gasteiger partial charge is 0.461 e. The molecule has 3 fully saturated rings. The molecule has 0 radical (unpaired) electrons. The van der Waals surface area contributed by atoms with Crippen molar-refractivity contribution in [1.82, 2.24) is 9.80 Å². The predicted octanol–water partition coefficient (Wildman–Crippen LogP) is 2.00. The summed E-state index contributed by atoms with van der Waals surface area (Å²) in [5.74, 6) is -1.70. The molecule has 1 N–H and O–H groups in total. The van der Waals surface area contributed by atoms with Crippen LogP contribution in [0.25, 0.3) is 0 Å². The quantitative estimate of drug-likeness (QED) is 0.362. The van der Waals surface area contributed by atoms with Crippen molar-refractivity contribution in [2.75, 3.05) is 32.8 Å². The summed E-state index contributed by atoms with van der Waals surface area (Å²) < 4.78 is 4.73. The zero-order chi connectivity index (χ0) is 22.6. The number of unbranched alkanes of at least 4 members (excludes halogenated alkanes) is 1. The molecule has 1 spiro atoms. The van der Waals surface area contributed by atoms with E-state index >= 15 is 0 Å². The topological polar surface area (TPSA) is 87.1 Å². The van der Waals surface area contributed by atoms with Gasteiger partial charge in [0, 0.05) is 31.5 Å². The number of carbonyl (C=O) groups is 3. The fourth-order valence-corrected chi connectivity index (χ4v) is 7.59. The molecule has 7 nitrogen and oxygen atoms in total. The number of aliphatic hydroxyl groups excluding tert-OH is 1. The minimum Gasteiger partial charge on any atom is -0.461 e. The summed E-state index contributed by atoms with van der Waals surface area (Å²) in [6.07, 6.45) is 6.98. The van der Waals surface area contributed by atoms with E-state index in [4.69, 9.17) is 4.74 Å². The van der Waals surface area contributed by atoms with E-state index in [0.717, 1.165) is 25.7 Å². The molecular formula is C23H34N2O5S. The van der Waals surface area contributed by atoms with Gasteiger partial charge in [-0.25, -0.2) is 0 Å². The van der Waals surface area contributed by atoms with Gasteiger partial charge >= 0.3 is 5.97 Å². The molecule has 0 aliphatic carbocycles. The number of carbonyl (C=O) groups excluding carboxylic acids is 3. The summed E-state index contributed by atoms with van der Waals surface area (Å²) in [5, 5.41) is 9.37. The number of esters is 1. The van der Waals surface area contributed by atoms with E-state index in [2.05, 4.69) is 20.1 Å². The van der Waals surface area contributed by atoms with E-state index in [1.54, 1.807) is 27.6 Å². The van der Waals surface area contributed by atoms with Gasteiger partial charge in [0.05, 0.1) is 16.6 Å². The van der Waals surface area contributed by atoms with Crippen molar-refractivity contribution in [2.45, 2.75) is 55.1 Å². The van der Waals surface area contributed by atoms with Crippen molar-refractivity contribution >= 4 is 29.5 Å². The van der Waals surface area contributed by atoms with Crippen LogP contribution in [0.4, 0.5) is 0 Å². The fourth-order valence-electron chi connectivity index (χ4n) is 5.39. The lowest BCUT2D eigenvalue weighted by Crippen LogP contribution is -2.55. The molecule has 0 saturated carbocycles. The average molecular weight is 451 g/mol. The Morgan fingerprint density at radius 2 is 2.13 bits per heavy atom. The molecule has 2 unspecified atom stereocenters. The van der Waals surface area contributed by atoms with Crippen LogP contribution in [0, 0.1) is 11.8 Å². The Kier molecular flexibility index (Phi) is 7.86. The number of aliphatic hydroxyl groups is 1. The van der Waals surface area contributed by atoms with Gasteiger partial charge in [-0.3, -0.25) is 14.4 Å². The number of hydrogen-bond donors (Lipinski definition) is 1. The Hall–Kier alpha value is -1.80. The van der Waals surface area contributed by atoms with Gasteiger partial charge in [-0.15, -0.1) is 18.3 Å². The van der Waals surface area contributed by atoms with E-state index in [-0.39, 0.29) is 36.2 Å². The maximum absolute atomic E-state index is 13.8. The van der Waals surface area contributed by atoms with Crippen LogP contribution in [-0.4, -0.2) is 81.6 Å². The number of fused-ring (bicyclic) bond motifs is 1. The number of hydrogen-bond acceptors (Lipinski definition) is 6. The van der Waals surface area contributed by atoms with Crippen LogP contribution in [0.2, 0.25) is 0 Å². The van der Waals surface area contributed by atoms with Crippen molar-refractivity contribution in [3.8, 4) is 0 Å². The lowest BCUT2D eigenvalue weighted by Gasteiger charge is -2.37. The van der Waals surface area contributed by atoms with Gasteiger partial charge in [-0.1, -0.05) is 32.1 Å². The van der Waals surface area contributed by atoms with Gasteiger partial charge in [0.25, 0.3) is 0 Å². The third-order valence-electron chi connectivity index (χ3n) is 6.65. The second kappa shape index (κ2) is 10.2. The summed E-state index contributed by atoms with van der Waals surface area (Å²) in [5.41, 5.74) is 0. The molecule has 3 aliphatic heterocycles. The van der Waals surface area contributed by atoms with E-state index in [0.29, 0.717) is 26.1 Å². The van der Waals surface area contributed by atoms with Crippen molar-refractivity contribution in [3.05, 3.63) is 25.3 Å². The van der Waals surface area contributed by atoms with E-state index in [1.165, 1.54) is 6.08 Å². The molecule has 5 atom stereocenters. The lowest BCUT2D eigenvalue weighted by atomic mass is 9.71. The first kappa shape index (κ1) is 23.9. The highest BCUT2D eigenvalue weighted by Gasteiger charge is 2.74. The minimum absolute atomic E-state index is 0.00921. The number of likely N-dealkylation sites (tertiary alicyclic amines) is 1. The molecule has 3 saturated heterocycles. The first-order chi connectivity index (χ1) is 15.0. The van der Waals surface area contributed by atoms with Gasteiger partial charge in [0.15, 0.2) is 0 Å². The second-order valence-corrected chi connectivity index (χ2v) is 10.1. The molecule has 172 valence electrons. The van der Waals surface area contributed by atoms with Gasteiger partial charge < -0.3 is 19.6 Å². The zero-order valence-electron chi connectivity index (χ0n) is 18.3. The Morgan fingerprint density at radius 1 is 1.35 bits per heavy atom. The molecule has 0 aromatic rings. The van der Waals surface area contributed by atoms with Crippen LogP contribution in [0.5, 0.6) is 0 Å². The third kappa shape index (κ3) is 4.16. The molecule has 31 heavy (non-hydrogen) atoms. The van der Waals surface area contributed by atoms with Gasteiger partial charge in [-0.05, 0) is 25.7 Å². The summed E-state index contributed by atoms with van der Waals surface area (Å²) in [6.45, 7) is 10.9. The lowest BCUT2D eigenvalue weighted by molar-refractivity contribution is -0.153. The van der Waals surface area contributed by atoms with Crippen LogP contribution in [0.15, 0.2) is 25.3 Å². The molecule has 2 bridgehead atoms.